The van der Waals surface area contributed by atoms with Crippen molar-refractivity contribution in [3.63, 3.8) is 0 Å². The van der Waals surface area contributed by atoms with Gasteiger partial charge in [0, 0.05) is 17.8 Å². The highest BCUT2D eigenvalue weighted by molar-refractivity contribution is 6.31. The van der Waals surface area contributed by atoms with Crippen LogP contribution in [0.3, 0.4) is 0 Å². The Labute approximate surface area is 158 Å². The number of anilines is 2. The molecule has 8 heteroatoms. The molecule has 4 nitrogen and oxygen atoms in total. The second kappa shape index (κ2) is 8.09. The average Bonchev–Trinajstić information content (AvgIpc) is 2.68. The number of carbonyl (C=O) groups is 1. The molecule has 0 spiro atoms. The Morgan fingerprint density at radius 2 is 1.78 bits per heavy atom. The van der Waals surface area contributed by atoms with E-state index in [2.05, 4.69) is 15.6 Å². The van der Waals surface area contributed by atoms with Crippen LogP contribution < -0.4 is 10.6 Å². The van der Waals surface area contributed by atoms with Gasteiger partial charge >= 0.3 is 0 Å². The number of hydrogen-bond donors (Lipinski definition) is 2. The summed E-state index contributed by atoms with van der Waals surface area (Å²) in [6, 6.07) is 12.0. The summed E-state index contributed by atoms with van der Waals surface area (Å²) in [7, 11) is 0. The van der Waals surface area contributed by atoms with Crippen LogP contribution >= 0.6 is 11.6 Å². The third-order valence-corrected chi connectivity index (χ3v) is 4.10. The van der Waals surface area contributed by atoms with Crippen LogP contribution in [0.5, 0.6) is 0 Å². The van der Waals surface area contributed by atoms with Gasteiger partial charge in [0.05, 0.1) is 11.3 Å². The highest BCUT2D eigenvalue weighted by Crippen LogP contribution is 2.21. The fraction of sp³-hybridized carbons (Fsp3) is 0.0526. The van der Waals surface area contributed by atoms with Gasteiger partial charge in [-0.2, -0.15) is 0 Å². The molecule has 0 radical (unpaired) electrons. The standard InChI is InChI=1S/C19H13ClF3N3O/c20-13-4-2-1-3-11(13)9-24-16-8-5-12(10-25-16)19(27)26-15-7-6-14(21)17(22)18(15)23/h1-8,10H,9H2,(H,24,25)(H,26,27). The number of aromatic nitrogens is 1. The molecule has 3 aromatic rings. The number of rotatable bonds is 5. The van der Waals surface area contributed by atoms with Crippen LogP contribution in [0.2, 0.25) is 5.02 Å². The lowest BCUT2D eigenvalue weighted by atomic mass is 10.2. The lowest BCUT2D eigenvalue weighted by molar-refractivity contribution is 0.102. The summed E-state index contributed by atoms with van der Waals surface area (Å²) in [5.41, 5.74) is 0.554. The zero-order chi connectivity index (χ0) is 19.4. The Kier molecular flexibility index (Phi) is 5.61. The Balaban J connectivity index is 1.65. The fourth-order valence-electron chi connectivity index (χ4n) is 2.28. The summed E-state index contributed by atoms with van der Waals surface area (Å²) in [5, 5.41) is 5.86. The maximum absolute atomic E-state index is 13.6. The first-order chi connectivity index (χ1) is 13.0. The Morgan fingerprint density at radius 1 is 1.00 bits per heavy atom. The molecule has 3 rings (SSSR count). The molecule has 27 heavy (non-hydrogen) atoms. The lowest BCUT2D eigenvalue weighted by Gasteiger charge is -2.09. The minimum Gasteiger partial charge on any atom is -0.366 e. The molecule has 0 unspecified atom stereocenters. The minimum absolute atomic E-state index is 0.127. The number of benzene rings is 2. The molecule has 0 fully saturated rings. The maximum Gasteiger partial charge on any atom is 0.257 e. The van der Waals surface area contributed by atoms with Crippen molar-refractivity contribution in [3.05, 3.63) is 88.3 Å². The van der Waals surface area contributed by atoms with Gasteiger partial charge < -0.3 is 10.6 Å². The van der Waals surface area contributed by atoms with E-state index < -0.39 is 29.0 Å². The van der Waals surface area contributed by atoms with Gasteiger partial charge in [-0.15, -0.1) is 0 Å². The topological polar surface area (TPSA) is 54.0 Å². The van der Waals surface area contributed by atoms with E-state index >= 15 is 0 Å². The second-order valence-corrected chi connectivity index (χ2v) is 5.96. The van der Waals surface area contributed by atoms with E-state index in [-0.39, 0.29) is 5.56 Å². The van der Waals surface area contributed by atoms with Gasteiger partial charge in [-0.25, -0.2) is 18.2 Å². The number of nitrogens with one attached hydrogen (secondary N) is 2. The number of nitrogens with zero attached hydrogens (tertiary/aromatic N) is 1. The van der Waals surface area contributed by atoms with Crippen molar-refractivity contribution in [2.24, 2.45) is 0 Å². The molecule has 0 saturated heterocycles. The number of carbonyl (C=O) groups excluding carboxylic acids is 1. The van der Waals surface area contributed by atoms with Gasteiger partial charge in [-0.3, -0.25) is 4.79 Å². The summed E-state index contributed by atoms with van der Waals surface area (Å²) in [4.78, 5) is 16.2. The minimum atomic E-state index is -1.65. The van der Waals surface area contributed by atoms with E-state index in [4.69, 9.17) is 11.6 Å². The first-order valence-electron chi connectivity index (χ1n) is 7.84. The molecule has 0 aliphatic heterocycles. The highest BCUT2D eigenvalue weighted by atomic mass is 35.5. The van der Waals surface area contributed by atoms with E-state index in [0.717, 1.165) is 17.7 Å². The molecule has 138 valence electrons. The third-order valence-electron chi connectivity index (χ3n) is 3.73. The van der Waals surface area contributed by atoms with Crippen LogP contribution in [-0.4, -0.2) is 10.9 Å². The zero-order valence-corrected chi connectivity index (χ0v) is 14.5. The highest BCUT2D eigenvalue weighted by Gasteiger charge is 2.16. The van der Waals surface area contributed by atoms with Gasteiger partial charge in [-0.1, -0.05) is 29.8 Å². The van der Waals surface area contributed by atoms with Crippen LogP contribution in [-0.2, 0) is 6.54 Å². The van der Waals surface area contributed by atoms with E-state index in [1.165, 1.54) is 12.3 Å². The predicted molar refractivity (Wildman–Crippen MR) is 97.3 cm³/mol. The Bertz CT molecular complexity index is 980. The first kappa shape index (κ1) is 18.7. The van der Waals surface area contributed by atoms with Gasteiger partial charge in [0.25, 0.3) is 5.91 Å². The van der Waals surface area contributed by atoms with Crippen molar-refractivity contribution < 1.29 is 18.0 Å². The van der Waals surface area contributed by atoms with Crippen molar-refractivity contribution in [1.82, 2.24) is 4.98 Å². The quantitative estimate of drug-likeness (QED) is 0.601. The van der Waals surface area contributed by atoms with Crippen molar-refractivity contribution in [1.29, 1.82) is 0 Å². The predicted octanol–water partition coefficient (Wildman–Crippen LogP) is 5.02. The largest absolute Gasteiger partial charge is 0.366 e. The summed E-state index contributed by atoms with van der Waals surface area (Å²) in [6.07, 6.45) is 1.28. The van der Waals surface area contributed by atoms with Crippen LogP contribution in [0.15, 0.2) is 54.7 Å². The Morgan fingerprint density at radius 3 is 2.48 bits per heavy atom. The first-order valence-corrected chi connectivity index (χ1v) is 8.21. The Hall–Kier alpha value is -3.06. The van der Waals surface area contributed by atoms with Crippen molar-refractivity contribution in [3.8, 4) is 0 Å². The summed E-state index contributed by atoms with van der Waals surface area (Å²) >= 11 is 6.07. The third kappa shape index (κ3) is 4.38. The summed E-state index contributed by atoms with van der Waals surface area (Å²) in [6.45, 7) is 0.443. The zero-order valence-electron chi connectivity index (χ0n) is 13.8. The number of halogens is 4. The molecule has 0 saturated carbocycles. The molecule has 1 amide bonds. The molecule has 1 aromatic heterocycles. The summed E-state index contributed by atoms with van der Waals surface area (Å²) < 4.78 is 39.8. The molecule has 0 bridgehead atoms. The molecule has 2 aromatic carbocycles. The molecule has 0 aliphatic carbocycles. The fourth-order valence-corrected chi connectivity index (χ4v) is 2.48. The average molecular weight is 392 g/mol. The summed E-state index contributed by atoms with van der Waals surface area (Å²) in [5.74, 6) is -4.64. The maximum atomic E-state index is 13.6. The van der Waals surface area contributed by atoms with Crippen molar-refractivity contribution in [2.45, 2.75) is 6.54 Å². The molecule has 2 N–H and O–H groups in total. The lowest BCUT2D eigenvalue weighted by Crippen LogP contribution is -2.14. The van der Waals surface area contributed by atoms with Crippen molar-refractivity contribution in [2.75, 3.05) is 10.6 Å². The van der Waals surface area contributed by atoms with E-state index in [1.807, 2.05) is 18.2 Å². The monoisotopic (exact) mass is 391 g/mol. The molecule has 1 heterocycles. The van der Waals surface area contributed by atoms with Gasteiger partial charge in [0.1, 0.15) is 5.82 Å². The van der Waals surface area contributed by atoms with Gasteiger partial charge in [0.2, 0.25) is 0 Å². The van der Waals surface area contributed by atoms with Crippen LogP contribution in [0.4, 0.5) is 24.7 Å². The van der Waals surface area contributed by atoms with Crippen LogP contribution in [0, 0.1) is 17.5 Å². The van der Waals surface area contributed by atoms with Gasteiger partial charge in [0.15, 0.2) is 17.5 Å². The number of amides is 1. The number of hydrogen-bond acceptors (Lipinski definition) is 3. The molecular formula is C19H13ClF3N3O. The van der Waals surface area contributed by atoms with Crippen LogP contribution in [0.1, 0.15) is 15.9 Å². The second-order valence-electron chi connectivity index (χ2n) is 5.55. The molecular weight excluding hydrogens is 379 g/mol. The normalized spacial score (nSPS) is 10.5. The van der Waals surface area contributed by atoms with Gasteiger partial charge in [-0.05, 0) is 35.9 Å². The molecule has 0 atom stereocenters. The molecule has 0 aliphatic rings. The van der Waals surface area contributed by atoms with Crippen molar-refractivity contribution >= 4 is 29.0 Å². The van der Waals surface area contributed by atoms with E-state index in [1.54, 1.807) is 12.1 Å². The SMILES string of the molecule is O=C(Nc1ccc(F)c(F)c1F)c1ccc(NCc2ccccc2Cl)nc1. The number of pyridine rings is 1. The smallest absolute Gasteiger partial charge is 0.257 e. The van der Waals surface area contributed by atoms with E-state index in [9.17, 15) is 18.0 Å². The van der Waals surface area contributed by atoms with Crippen LogP contribution in [0.25, 0.3) is 0 Å². The van der Waals surface area contributed by atoms with E-state index in [0.29, 0.717) is 17.4 Å².